The summed E-state index contributed by atoms with van der Waals surface area (Å²) >= 11 is 0. The fourth-order valence-corrected chi connectivity index (χ4v) is 9.89. The second-order valence-electron chi connectivity index (χ2n) is 17.6. The number of fused-ring (bicyclic) bond motifs is 2. The lowest BCUT2D eigenvalue weighted by atomic mass is 9.71. The highest BCUT2D eigenvalue weighted by Crippen LogP contribution is 2.45. The highest BCUT2D eigenvalue weighted by atomic mass is 16.7. The molecule has 0 aromatic heterocycles. The van der Waals surface area contributed by atoms with E-state index < -0.39 is 71.5 Å². The molecule has 3 heterocycles. The molecule has 3 aliphatic rings. The lowest BCUT2D eigenvalue weighted by Crippen LogP contribution is -2.59. The van der Waals surface area contributed by atoms with Crippen LogP contribution in [0.15, 0.2) is 54.1 Å². The van der Waals surface area contributed by atoms with Gasteiger partial charge in [-0.3, -0.25) is 9.59 Å². The van der Waals surface area contributed by atoms with Crippen LogP contribution < -0.4 is 0 Å². The average molecular weight is 809 g/mol. The number of aliphatic hydroxyl groups excluding tert-OH is 1. The van der Waals surface area contributed by atoms with Crippen LogP contribution in [0.1, 0.15) is 80.2 Å². The van der Waals surface area contributed by atoms with E-state index in [0.29, 0.717) is 32.5 Å². The molecule has 5 rings (SSSR count). The highest BCUT2D eigenvalue weighted by Gasteiger charge is 2.59. The molecule has 0 bridgehead atoms. The van der Waals surface area contributed by atoms with Gasteiger partial charge in [0.1, 0.15) is 18.1 Å². The number of hydrogen-bond donors (Lipinski definition) is 1. The molecular formula is C46H68N2O10. The molecule has 3 aliphatic heterocycles. The topological polar surface area (TPSA) is 133 Å². The minimum atomic E-state index is -1.23. The zero-order valence-corrected chi connectivity index (χ0v) is 36.7. The Balaban J connectivity index is 1.53. The number of amides is 1. The van der Waals surface area contributed by atoms with E-state index in [1.54, 1.807) is 26.0 Å². The highest BCUT2D eigenvalue weighted by molar-refractivity contribution is 6.00. The molecule has 12 heteroatoms. The van der Waals surface area contributed by atoms with E-state index >= 15 is 0 Å². The van der Waals surface area contributed by atoms with Crippen LogP contribution in [0.5, 0.6) is 0 Å². The zero-order valence-electron chi connectivity index (χ0n) is 36.7. The molecule has 2 aromatic carbocycles. The van der Waals surface area contributed by atoms with Crippen molar-refractivity contribution in [1.82, 2.24) is 9.80 Å². The first-order chi connectivity index (χ1) is 27.4. The number of aliphatic hydroxyl groups is 1. The largest absolute Gasteiger partial charge is 0.458 e. The Kier molecular flexibility index (Phi) is 14.9. The molecule has 2 aromatic rings. The van der Waals surface area contributed by atoms with Gasteiger partial charge < -0.3 is 43.3 Å². The van der Waals surface area contributed by atoms with E-state index in [2.05, 4.69) is 50.3 Å². The summed E-state index contributed by atoms with van der Waals surface area (Å²) in [5.74, 6) is -3.64. The van der Waals surface area contributed by atoms with Crippen LogP contribution in [-0.2, 0) is 44.4 Å². The van der Waals surface area contributed by atoms with Gasteiger partial charge in [0.2, 0.25) is 0 Å². The van der Waals surface area contributed by atoms with Gasteiger partial charge in [0, 0.05) is 32.0 Å². The number of ketones is 1. The number of Topliss-reactive ketones (excluding diaryl/α,β-unsaturated/α-hetero) is 1. The van der Waals surface area contributed by atoms with E-state index in [1.807, 2.05) is 58.8 Å². The molecule has 1 amide bonds. The molecule has 12 nitrogen and oxygen atoms in total. The molecule has 0 spiro atoms. The Morgan fingerprint density at radius 1 is 1.00 bits per heavy atom. The fraction of sp³-hybridized carbons (Fsp3) is 0.674. The number of esters is 1. The molecule has 3 fully saturated rings. The molecule has 1 unspecified atom stereocenters. The van der Waals surface area contributed by atoms with Gasteiger partial charge in [0.15, 0.2) is 17.7 Å². The third-order valence-electron chi connectivity index (χ3n) is 13.2. The van der Waals surface area contributed by atoms with E-state index in [1.165, 1.54) is 23.3 Å². The SMILES string of the molecule is CC[C@H]1OC(=O)[C@H](C)C(=O)[C@H](C)[C@@H](O[C@@H]2O[C@H](C)C[C@H](N(C)C)[C@H]2O)[C@](C)(OC)C[C@@H](C)/C(=C\COCCc2ccc3ccccc3c2)[C@H](C)C2N(C)C(=O)O[C@@]21C. The van der Waals surface area contributed by atoms with Crippen molar-refractivity contribution in [2.24, 2.45) is 23.7 Å². The van der Waals surface area contributed by atoms with Crippen molar-refractivity contribution in [2.45, 2.75) is 135 Å². The number of ether oxygens (including phenoxy) is 6. The monoisotopic (exact) mass is 808 g/mol. The maximum absolute atomic E-state index is 14.4. The van der Waals surface area contributed by atoms with Gasteiger partial charge in [-0.05, 0) is 89.7 Å². The molecule has 0 aliphatic carbocycles. The fourth-order valence-electron chi connectivity index (χ4n) is 9.89. The number of carbonyl (C=O) groups excluding carboxylic acids is 3. The number of rotatable bonds is 10. The number of likely N-dealkylation sites (N-methyl/N-ethyl adjacent to an activating group) is 2. The summed E-state index contributed by atoms with van der Waals surface area (Å²) in [5, 5.41) is 13.9. The molecule has 58 heavy (non-hydrogen) atoms. The van der Waals surface area contributed by atoms with Crippen LogP contribution in [-0.4, -0.2) is 128 Å². The van der Waals surface area contributed by atoms with Crippen molar-refractivity contribution in [3.8, 4) is 0 Å². The second-order valence-corrected chi connectivity index (χ2v) is 17.6. The van der Waals surface area contributed by atoms with Crippen LogP contribution in [0.3, 0.4) is 0 Å². The van der Waals surface area contributed by atoms with Crippen LogP contribution in [0.2, 0.25) is 0 Å². The zero-order chi connectivity index (χ0) is 42.7. The number of nitrogens with zero attached hydrogens (tertiary/aromatic N) is 2. The molecule has 322 valence electrons. The van der Waals surface area contributed by atoms with E-state index in [4.69, 9.17) is 28.4 Å². The number of cyclic esters (lactones) is 1. The molecular weight excluding hydrogens is 741 g/mol. The number of carbonyl (C=O) groups is 3. The summed E-state index contributed by atoms with van der Waals surface area (Å²) in [4.78, 5) is 45.3. The standard InChI is InChI=1S/C46H68N2O10/c1-13-37-46(8)40(48(11)44(52)58-46)29(4)35(21-23-54-22-20-32-18-19-33-16-14-15-17-34(33)25-32)27(2)26-45(7,53-12)41(30(5)38(49)31(6)42(51)56-37)57-43-39(50)36(47(9)10)24-28(3)55-43/h14-19,21,25,27-31,36-37,39-41,43,50H,13,20,22-24,26H2,1-12H3/b35-21+/t27-,28-,29+,30+,31-,36+,37-,39-,40?,41-,43+,45-,46-/m1/s1. The molecule has 0 radical (unpaired) electrons. The third kappa shape index (κ3) is 9.48. The second kappa shape index (κ2) is 18.9. The summed E-state index contributed by atoms with van der Waals surface area (Å²) in [6.45, 7) is 15.8. The number of hydrogen-bond acceptors (Lipinski definition) is 11. The Morgan fingerprint density at radius 3 is 2.34 bits per heavy atom. The first-order valence-corrected chi connectivity index (χ1v) is 21.0. The van der Waals surface area contributed by atoms with E-state index in [0.717, 1.165) is 12.0 Å². The number of methoxy groups -OCH3 is 1. The Labute approximate surface area is 345 Å². The quantitative estimate of drug-likeness (QED) is 0.121. The molecule has 3 saturated heterocycles. The summed E-state index contributed by atoms with van der Waals surface area (Å²) in [7, 11) is 7.11. The van der Waals surface area contributed by atoms with Gasteiger partial charge in [0.05, 0.1) is 37.1 Å². The molecule has 13 atom stereocenters. The summed E-state index contributed by atoms with van der Waals surface area (Å²) in [5.41, 5.74) is -0.175. The predicted octanol–water partition coefficient (Wildman–Crippen LogP) is 6.59. The van der Waals surface area contributed by atoms with Gasteiger partial charge in [-0.1, -0.05) is 81.8 Å². The maximum atomic E-state index is 14.4. The van der Waals surface area contributed by atoms with Crippen molar-refractivity contribution >= 4 is 28.6 Å². The van der Waals surface area contributed by atoms with Crippen molar-refractivity contribution < 1.29 is 47.9 Å². The Morgan fingerprint density at radius 2 is 1.69 bits per heavy atom. The lowest BCUT2D eigenvalue weighted by Gasteiger charge is -2.47. The van der Waals surface area contributed by atoms with Crippen molar-refractivity contribution in [3.63, 3.8) is 0 Å². The van der Waals surface area contributed by atoms with E-state index in [-0.39, 0.29) is 24.0 Å². The van der Waals surface area contributed by atoms with E-state index in [9.17, 15) is 19.5 Å². The predicted molar refractivity (Wildman–Crippen MR) is 222 cm³/mol. The van der Waals surface area contributed by atoms with Crippen molar-refractivity contribution in [2.75, 3.05) is 41.5 Å². The Hall–Kier alpha value is -3.39. The first-order valence-electron chi connectivity index (χ1n) is 21.0. The normalized spacial score (nSPS) is 37.5. The van der Waals surface area contributed by atoms with Crippen molar-refractivity contribution in [1.29, 1.82) is 0 Å². The average Bonchev–Trinajstić information content (AvgIpc) is 3.43. The Bertz CT molecular complexity index is 1780. The minimum Gasteiger partial charge on any atom is -0.458 e. The summed E-state index contributed by atoms with van der Waals surface area (Å²) < 4.78 is 37.9. The van der Waals surface area contributed by atoms with Crippen LogP contribution in [0.25, 0.3) is 10.8 Å². The van der Waals surface area contributed by atoms with Gasteiger partial charge in [0.25, 0.3) is 0 Å². The van der Waals surface area contributed by atoms with Gasteiger partial charge in [-0.15, -0.1) is 0 Å². The molecule has 0 saturated carbocycles. The van der Waals surface area contributed by atoms with Crippen LogP contribution in [0.4, 0.5) is 4.79 Å². The third-order valence-corrected chi connectivity index (χ3v) is 13.2. The lowest BCUT2D eigenvalue weighted by molar-refractivity contribution is -0.295. The van der Waals surface area contributed by atoms with Gasteiger partial charge >= 0.3 is 12.1 Å². The molecule has 1 N–H and O–H groups in total. The van der Waals surface area contributed by atoms with Gasteiger partial charge in [-0.2, -0.15) is 0 Å². The smallest absolute Gasteiger partial charge is 0.410 e. The number of benzene rings is 2. The first kappa shape index (κ1) is 45.7. The minimum absolute atomic E-state index is 0.195. The van der Waals surface area contributed by atoms with Gasteiger partial charge in [-0.25, -0.2) is 4.79 Å². The summed E-state index contributed by atoms with van der Waals surface area (Å²) in [6.07, 6.45) is -0.431. The van der Waals surface area contributed by atoms with Crippen molar-refractivity contribution in [3.05, 3.63) is 59.7 Å². The summed E-state index contributed by atoms with van der Waals surface area (Å²) in [6, 6.07) is 14.0. The van der Waals surface area contributed by atoms with Crippen LogP contribution >= 0.6 is 0 Å². The maximum Gasteiger partial charge on any atom is 0.410 e. The van der Waals surface area contributed by atoms with Crippen LogP contribution in [0, 0.1) is 23.7 Å².